The van der Waals surface area contributed by atoms with Crippen molar-refractivity contribution in [2.75, 3.05) is 39.8 Å². The van der Waals surface area contributed by atoms with Crippen LogP contribution >= 0.6 is 0 Å². The molecule has 0 spiro atoms. The molecule has 2 N–H and O–H groups in total. The van der Waals surface area contributed by atoms with Crippen molar-refractivity contribution >= 4 is 0 Å². The van der Waals surface area contributed by atoms with Crippen LogP contribution in [-0.4, -0.2) is 55.6 Å². The Morgan fingerprint density at radius 1 is 1.33 bits per heavy atom. The molecule has 1 rings (SSSR count). The van der Waals surface area contributed by atoms with Crippen LogP contribution < -0.4 is 5.73 Å². The molecule has 0 aliphatic carbocycles. The fourth-order valence-electron chi connectivity index (χ4n) is 2.71. The summed E-state index contributed by atoms with van der Waals surface area (Å²) in [7, 11) is 2.24. The molecule has 1 atom stereocenters. The van der Waals surface area contributed by atoms with Gasteiger partial charge in [0, 0.05) is 25.7 Å². The fraction of sp³-hybridized carbons (Fsp3) is 1.00. The van der Waals surface area contributed by atoms with Crippen LogP contribution in [0.2, 0.25) is 0 Å². The Bertz CT molecular complexity index is 191. The lowest BCUT2D eigenvalue weighted by Crippen LogP contribution is -2.40. The number of hydrogen-bond acceptors (Lipinski definition) is 3. The van der Waals surface area contributed by atoms with Gasteiger partial charge in [-0.15, -0.1) is 0 Å². The van der Waals surface area contributed by atoms with Gasteiger partial charge in [0.25, 0.3) is 0 Å². The van der Waals surface area contributed by atoms with E-state index in [4.69, 9.17) is 5.73 Å². The molecule has 1 aliphatic rings. The third-order valence-corrected chi connectivity index (χ3v) is 3.37. The summed E-state index contributed by atoms with van der Waals surface area (Å²) < 4.78 is 0. The van der Waals surface area contributed by atoms with E-state index in [2.05, 4.69) is 37.6 Å². The van der Waals surface area contributed by atoms with E-state index < -0.39 is 0 Å². The van der Waals surface area contributed by atoms with Gasteiger partial charge in [-0.2, -0.15) is 0 Å². The molecule has 1 aliphatic heterocycles. The van der Waals surface area contributed by atoms with Gasteiger partial charge < -0.3 is 15.5 Å². The first-order valence-corrected chi connectivity index (χ1v) is 6.11. The Labute approximate surface area is 94.6 Å². The molecular formula is C12H27N3. The molecule has 0 aromatic heterocycles. The Kier molecular flexibility index (Phi) is 4.56. The monoisotopic (exact) mass is 213 g/mol. The van der Waals surface area contributed by atoms with Gasteiger partial charge in [0.1, 0.15) is 0 Å². The molecule has 0 bridgehead atoms. The largest absolute Gasteiger partial charge is 0.330 e. The second-order valence-electron chi connectivity index (χ2n) is 5.64. The number of nitrogens with two attached hydrogens (primary N) is 1. The van der Waals surface area contributed by atoms with E-state index in [9.17, 15) is 0 Å². The molecule has 1 saturated heterocycles. The lowest BCUT2D eigenvalue weighted by molar-refractivity contribution is 0.188. The number of hydrogen-bond donors (Lipinski definition) is 1. The summed E-state index contributed by atoms with van der Waals surface area (Å²) in [5.41, 5.74) is 6.08. The maximum absolute atomic E-state index is 5.68. The Morgan fingerprint density at radius 2 is 2.00 bits per heavy atom. The van der Waals surface area contributed by atoms with Crippen molar-refractivity contribution < 1.29 is 0 Å². The molecule has 90 valence electrons. The molecule has 0 radical (unpaired) electrons. The minimum absolute atomic E-state index is 0.397. The van der Waals surface area contributed by atoms with Gasteiger partial charge in [0.2, 0.25) is 0 Å². The predicted octanol–water partition coefficient (Wildman–Crippen LogP) is 0.997. The molecule has 1 fully saturated rings. The summed E-state index contributed by atoms with van der Waals surface area (Å²) >= 11 is 0. The zero-order valence-corrected chi connectivity index (χ0v) is 10.8. The third-order valence-electron chi connectivity index (χ3n) is 3.37. The first kappa shape index (κ1) is 12.9. The topological polar surface area (TPSA) is 32.5 Å². The Morgan fingerprint density at radius 3 is 2.53 bits per heavy atom. The van der Waals surface area contributed by atoms with E-state index in [-0.39, 0.29) is 0 Å². The van der Waals surface area contributed by atoms with Crippen LogP contribution in [0.25, 0.3) is 0 Å². The average molecular weight is 213 g/mol. The molecule has 3 heteroatoms. The molecule has 0 saturated carbocycles. The second kappa shape index (κ2) is 5.28. The molecule has 15 heavy (non-hydrogen) atoms. The second-order valence-corrected chi connectivity index (χ2v) is 5.64. The van der Waals surface area contributed by atoms with E-state index in [0.717, 1.165) is 19.5 Å². The highest BCUT2D eigenvalue weighted by Gasteiger charge is 2.31. The zero-order valence-electron chi connectivity index (χ0n) is 10.8. The van der Waals surface area contributed by atoms with Gasteiger partial charge in [-0.3, -0.25) is 0 Å². The standard InChI is InChI=1S/C12H27N3/c1-5-15-8-11(6-7-13)14(4)9-12(2,3)10-15/h11H,5-10,13H2,1-4H3. The molecule has 0 amide bonds. The summed E-state index contributed by atoms with van der Waals surface area (Å²) in [4.78, 5) is 5.05. The van der Waals surface area contributed by atoms with E-state index in [1.165, 1.54) is 19.6 Å². The normalized spacial score (nSPS) is 29.0. The summed E-state index contributed by atoms with van der Waals surface area (Å²) in [6.45, 7) is 12.5. The number of likely N-dealkylation sites (N-methyl/N-ethyl adjacent to an activating group) is 2. The van der Waals surface area contributed by atoms with Gasteiger partial charge in [-0.05, 0) is 32.0 Å². The van der Waals surface area contributed by atoms with E-state index in [0.29, 0.717) is 11.5 Å². The van der Waals surface area contributed by atoms with Crippen molar-refractivity contribution in [1.29, 1.82) is 0 Å². The van der Waals surface area contributed by atoms with Crippen LogP contribution in [0.15, 0.2) is 0 Å². The Balaban J connectivity index is 2.68. The van der Waals surface area contributed by atoms with Gasteiger partial charge in [-0.1, -0.05) is 20.8 Å². The fourth-order valence-corrected chi connectivity index (χ4v) is 2.71. The van der Waals surface area contributed by atoms with Crippen molar-refractivity contribution in [3.63, 3.8) is 0 Å². The molecule has 1 unspecified atom stereocenters. The summed E-state index contributed by atoms with van der Waals surface area (Å²) in [6, 6.07) is 0.636. The summed E-state index contributed by atoms with van der Waals surface area (Å²) in [5, 5.41) is 0. The first-order valence-electron chi connectivity index (χ1n) is 6.11. The van der Waals surface area contributed by atoms with Gasteiger partial charge in [0.05, 0.1) is 0 Å². The number of rotatable bonds is 3. The smallest absolute Gasteiger partial charge is 0.0232 e. The van der Waals surface area contributed by atoms with E-state index in [1.807, 2.05) is 0 Å². The highest BCUT2D eigenvalue weighted by Crippen LogP contribution is 2.24. The van der Waals surface area contributed by atoms with Crippen LogP contribution in [0.4, 0.5) is 0 Å². The summed E-state index contributed by atoms with van der Waals surface area (Å²) in [5.74, 6) is 0. The molecule has 1 heterocycles. The van der Waals surface area contributed by atoms with Gasteiger partial charge in [0.15, 0.2) is 0 Å². The molecular weight excluding hydrogens is 186 g/mol. The van der Waals surface area contributed by atoms with Crippen molar-refractivity contribution in [3.8, 4) is 0 Å². The van der Waals surface area contributed by atoms with E-state index >= 15 is 0 Å². The third kappa shape index (κ3) is 3.74. The Hall–Kier alpha value is -0.120. The predicted molar refractivity (Wildman–Crippen MR) is 66.0 cm³/mol. The van der Waals surface area contributed by atoms with Crippen LogP contribution in [0.5, 0.6) is 0 Å². The van der Waals surface area contributed by atoms with Crippen molar-refractivity contribution in [2.45, 2.75) is 33.2 Å². The highest BCUT2D eigenvalue weighted by molar-refractivity contribution is 4.86. The lowest BCUT2D eigenvalue weighted by atomic mass is 9.92. The van der Waals surface area contributed by atoms with Gasteiger partial charge in [-0.25, -0.2) is 0 Å². The van der Waals surface area contributed by atoms with Crippen LogP contribution in [0.1, 0.15) is 27.2 Å². The van der Waals surface area contributed by atoms with Crippen LogP contribution in [0.3, 0.4) is 0 Å². The van der Waals surface area contributed by atoms with Crippen molar-refractivity contribution in [1.82, 2.24) is 9.80 Å². The minimum atomic E-state index is 0.397. The quantitative estimate of drug-likeness (QED) is 0.759. The maximum Gasteiger partial charge on any atom is 0.0232 e. The SMILES string of the molecule is CCN1CC(CCN)N(C)CC(C)(C)C1. The molecule has 0 aromatic rings. The minimum Gasteiger partial charge on any atom is -0.330 e. The molecule has 3 nitrogen and oxygen atoms in total. The average Bonchev–Trinajstić information content (AvgIpc) is 2.24. The highest BCUT2D eigenvalue weighted by atomic mass is 15.2. The summed E-state index contributed by atoms with van der Waals surface area (Å²) in [6.07, 6.45) is 1.11. The van der Waals surface area contributed by atoms with Crippen molar-refractivity contribution in [3.05, 3.63) is 0 Å². The maximum atomic E-state index is 5.68. The van der Waals surface area contributed by atoms with Gasteiger partial charge >= 0.3 is 0 Å². The van der Waals surface area contributed by atoms with E-state index in [1.54, 1.807) is 0 Å². The van der Waals surface area contributed by atoms with Crippen LogP contribution in [-0.2, 0) is 0 Å². The first-order chi connectivity index (χ1) is 6.98. The van der Waals surface area contributed by atoms with Crippen LogP contribution in [0, 0.1) is 5.41 Å². The zero-order chi connectivity index (χ0) is 11.5. The molecule has 0 aromatic carbocycles. The van der Waals surface area contributed by atoms with Crippen molar-refractivity contribution in [2.24, 2.45) is 11.1 Å². The lowest BCUT2D eigenvalue weighted by Gasteiger charge is -2.30. The number of nitrogens with zero attached hydrogens (tertiary/aromatic N) is 2.